The van der Waals surface area contributed by atoms with Crippen LogP contribution in [-0.2, 0) is 9.59 Å². The fourth-order valence-electron chi connectivity index (χ4n) is 5.05. The molecule has 0 saturated heterocycles. The lowest BCUT2D eigenvalue weighted by Crippen LogP contribution is -2.44. The van der Waals surface area contributed by atoms with Crippen molar-refractivity contribution in [1.29, 1.82) is 0 Å². The average Bonchev–Trinajstić information content (AvgIpc) is 2.89. The molecule has 2 amide bonds. The molecule has 0 aliphatic heterocycles. The average molecular weight is 585 g/mol. The SMILES string of the molecule is CCC(CN=C(N)C(N)CC(C)CCCCC(C)C)CC(C)NC(=O)CC[C@@H](O)[C@H](O)C(=O)NCC(C)CC(C)N. The van der Waals surface area contributed by atoms with Crippen molar-refractivity contribution in [2.45, 2.75) is 143 Å². The maximum atomic E-state index is 12.4. The van der Waals surface area contributed by atoms with Gasteiger partial charge in [0.05, 0.1) is 12.1 Å². The molecule has 0 rings (SSSR count). The Balaban J connectivity index is 4.46. The predicted octanol–water partition coefficient (Wildman–Crippen LogP) is 2.83. The Morgan fingerprint density at radius 2 is 1.51 bits per heavy atom. The van der Waals surface area contributed by atoms with Crippen LogP contribution in [0.25, 0.3) is 0 Å². The van der Waals surface area contributed by atoms with E-state index < -0.39 is 18.1 Å². The van der Waals surface area contributed by atoms with Crippen LogP contribution in [0.4, 0.5) is 0 Å². The summed E-state index contributed by atoms with van der Waals surface area (Å²) in [5.41, 5.74) is 18.3. The van der Waals surface area contributed by atoms with Crippen molar-refractivity contribution < 1.29 is 19.8 Å². The molecule has 10 heteroatoms. The van der Waals surface area contributed by atoms with E-state index >= 15 is 0 Å². The molecule has 6 unspecified atom stereocenters. The standard InChI is InChI=1S/C31H64N6O4/c1-8-25(19-35-30(34)26(33)16-21(4)12-10-9-11-20(2)3)17-24(7)37-28(39)14-13-27(38)29(40)31(41)36-18-22(5)15-23(6)32/h20-27,29,38,40H,8-19,32-33H2,1-7H3,(H2,34,35)(H,36,41)(H,37,39)/t21?,22?,23?,24?,25?,26?,27-,29+/m1/s1. The molecule has 0 aromatic carbocycles. The number of nitrogens with two attached hydrogens (primary N) is 3. The lowest BCUT2D eigenvalue weighted by Gasteiger charge is -2.22. The molecule has 0 fully saturated rings. The number of unbranched alkanes of at least 4 members (excludes halogenated alkanes) is 1. The molecule has 0 aromatic rings. The van der Waals surface area contributed by atoms with Gasteiger partial charge in [-0.1, -0.05) is 66.7 Å². The number of rotatable bonds is 23. The van der Waals surface area contributed by atoms with Gasteiger partial charge >= 0.3 is 0 Å². The zero-order valence-corrected chi connectivity index (χ0v) is 27.1. The molecule has 0 aromatic heterocycles. The van der Waals surface area contributed by atoms with E-state index in [0.29, 0.717) is 24.8 Å². The van der Waals surface area contributed by atoms with E-state index in [0.717, 1.165) is 38.0 Å². The van der Waals surface area contributed by atoms with Gasteiger partial charge in [-0.15, -0.1) is 0 Å². The quantitative estimate of drug-likeness (QED) is 0.0546. The van der Waals surface area contributed by atoms with Gasteiger partial charge in [0.2, 0.25) is 5.91 Å². The van der Waals surface area contributed by atoms with Crippen molar-refractivity contribution in [2.75, 3.05) is 13.1 Å². The summed E-state index contributed by atoms with van der Waals surface area (Å²) in [5.74, 6) is 1.25. The molecule has 8 atom stereocenters. The number of amidine groups is 1. The lowest BCUT2D eigenvalue weighted by molar-refractivity contribution is -0.136. The molecule has 10 N–H and O–H groups in total. The number of amides is 2. The number of nitrogens with one attached hydrogen (secondary N) is 2. The first-order valence-electron chi connectivity index (χ1n) is 15.9. The van der Waals surface area contributed by atoms with E-state index in [-0.39, 0.29) is 48.7 Å². The van der Waals surface area contributed by atoms with E-state index in [1.54, 1.807) is 0 Å². The summed E-state index contributed by atoms with van der Waals surface area (Å²) in [7, 11) is 0. The molecule has 0 bridgehead atoms. The molecule has 10 nitrogen and oxygen atoms in total. The smallest absolute Gasteiger partial charge is 0.251 e. The van der Waals surface area contributed by atoms with Crippen LogP contribution in [0.2, 0.25) is 0 Å². The zero-order valence-electron chi connectivity index (χ0n) is 27.1. The monoisotopic (exact) mass is 584 g/mol. The van der Waals surface area contributed by atoms with Gasteiger partial charge in [-0.2, -0.15) is 0 Å². The summed E-state index contributed by atoms with van der Waals surface area (Å²) in [4.78, 5) is 29.2. The van der Waals surface area contributed by atoms with Gasteiger partial charge in [0.1, 0.15) is 5.84 Å². The number of hydrogen-bond donors (Lipinski definition) is 7. The normalized spacial score (nSPS) is 18.2. The number of carbonyl (C=O) groups excluding carboxylic acids is 2. The Morgan fingerprint density at radius 1 is 0.878 bits per heavy atom. The van der Waals surface area contributed by atoms with Crippen molar-refractivity contribution in [3.8, 4) is 0 Å². The van der Waals surface area contributed by atoms with E-state index in [1.807, 2.05) is 20.8 Å². The summed E-state index contributed by atoms with van der Waals surface area (Å²) in [5, 5.41) is 25.9. The fraction of sp³-hybridized carbons (Fsp3) is 0.903. The summed E-state index contributed by atoms with van der Waals surface area (Å²) in [6.45, 7) is 15.5. The first-order valence-corrected chi connectivity index (χ1v) is 15.9. The lowest BCUT2D eigenvalue weighted by atomic mass is 9.94. The number of hydrogen-bond acceptors (Lipinski definition) is 7. The predicted molar refractivity (Wildman–Crippen MR) is 169 cm³/mol. The van der Waals surface area contributed by atoms with Crippen LogP contribution in [0.1, 0.15) is 113 Å². The van der Waals surface area contributed by atoms with Crippen LogP contribution in [0.5, 0.6) is 0 Å². The van der Waals surface area contributed by atoms with Gasteiger partial charge in [-0.3, -0.25) is 14.6 Å². The minimum Gasteiger partial charge on any atom is -0.390 e. The van der Waals surface area contributed by atoms with Crippen molar-refractivity contribution in [3.63, 3.8) is 0 Å². The number of nitrogens with zero attached hydrogens (tertiary/aromatic N) is 1. The van der Waals surface area contributed by atoms with Crippen LogP contribution in [0.3, 0.4) is 0 Å². The Bertz CT molecular complexity index is 748. The summed E-state index contributed by atoms with van der Waals surface area (Å²) in [6, 6.07) is -0.324. The van der Waals surface area contributed by atoms with Gasteiger partial charge < -0.3 is 38.0 Å². The van der Waals surface area contributed by atoms with E-state index in [4.69, 9.17) is 17.2 Å². The minimum atomic E-state index is -1.59. The third-order valence-electron chi connectivity index (χ3n) is 7.67. The summed E-state index contributed by atoms with van der Waals surface area (Å²) in [6.07, 6.45) is 5.14. The first-order chi connectivity index (χ1) is 19.2. The summed E-state index contributed by atoms with van der Waals surface area (Å²) >= 11 is 0. The molecule has 41 heavy (non-hydrogen) atoms. The van der Waals surface area contributed by atoms with E-state index in [9.17, 15) is 19.8 Å². The van der Waals surface area contributed by atoms with Crippen LogP contribution in [0.15, 0.2) is 4.99 Å². The molecule has 0 aliphatic carbocycles. The highest BCUT2D eigenvalue weighted by Gasteiger charge is 2.25. The molecule has 0 radical (unpaired) electrons. The second-order valence-corrected chi connectivity index (χ2v) is 13.0. The van der Waals surface area contributed by atoms with E-state index in [2.05, 4.69) is 43.3 Å². The number of aliphatic hydroxyl groups is 2. The van der Waals surface area contributed by atoms with Gasteiger partial charge in [0, 0.05) is 31.6 Å². The molecule has 0 heterocycles. The third kappa shape index (κ3) is 19.9. The highest BCUT2D eigenvalue weighted by Crippen LogP contribution is 2.17. The van der Waals surface area contributed by atoms with E-state index in [1.165, 1.54) is 19.3 Å². The Morgan fingerprint density at radius 3 is 2.10 bits per heavy atom. The van der Waals surface area contributed by atoms with Gasteiger partial charge in [0.25, 0.3) is 5.91 Å². The van der Waals surface area contributed by atoms with Gasteiger partial charge in [-0.05, 0) is 63.2 Å². The van der Waals surface area contributed by atoms with Gasteiger partial charge in [-0.25, -0.2) is 0 Å². The highest BCUT2D eigenvalue weighted by atomic mass is 16.3. The Kier molecular flexibility index (Phi) is 20.9. The third-order valence-corrected chi connectivity index (χ3v) is 7.67. The van der Waals surface area contributed by atoms with Crippen LogP contribution >= 0.6 is 0 Å². The molecular formula is C31H64N6O4. The molecular weight excluding hydrogens is 520 g/mol. The Labute approximate surface area is 250 Å². The van der Waals surface area contributed by atoms with Crippen LogP contribution < -0.4 is 27.8 Å². The number of aliphatic imine (C=N–C) groups is 1. The van der Waals surface area contributed by atoms with Crippen molar-refractivity contribution in [3.05, 3.63) is 0 Å². The maximum Gasteiger partial charge on any atom is 0.251 e. The molecule has 0 spiro atoms. The Hall–Kier alpha value is -1.75. The van der Waals surface area contributed by atoms with Gasteiger partial charge in [0.15, 0.2) is 6.10 Å². The van der Waals surface area contributed by atoms with Crippen molar-refractivity contribution in [2.24, 2.45) is 45.9 Å². The second kappa shape index (κ2) is 21.9. The van der Waals surface area contributed by atoms with Crippen molar-refractivity contribution in [1.82, 2.24) is 10.6 Å². The number of aliphatic hydroxyl groups excluding tert-OH is 2. The van der Waals surface area contributed by atoms with Crippen LogP contribution in [0, 0.1) is 23.7 Å². The maximum absolute atomic E-state index is 12.4. The highest BCUT2D eigenvalue weighted by molar-refractivity contribution is 5.85. The fourth-order valence-corrected chi connectivity index (χ4v) is 5.05. The second-order valence-electron chi connectivity index (χ2n) is 13.0. The molecule has 242 valence electrons. The summed E-state index contributed by atoms with van der Waals surface area (Å²) < 4.78 is 0. The topological polar surface area (TPSA) is 189 Å². The van der Waals surface area contributed by atoms with Crippen molar-refractivity contribution >= 4 is 17.6 Å². The first kappa shape index (κ1) is 39.2. The molecule has 0 aliphatic rings. The van der Waals surface area contributed by atoms with Crippen LogP contribution in [-0.4, -0.2) is 71.3 Å². The number of carbonyl (C=O) groups is 2. The minimum absolute atomic E-state index is 0.00331. The zero-order chi connectivity index (χ0) is 31.5. The largest absolute Gasteiger partial charge is 0.390 e. The molecule has 0 saturated carbocycles.